The van der Waals surface area contributed by atoms with Gasteiger partial charge in [-0.2, -0.15) is 13.2 Å². The maximum absolute atomic E-state index is 13.1. The molecule has 2 aromatic carbocycles. The van der Waals surface area contributed by atoms with Crippen molar-refractivity contribution in [3.63, 3.8) is 0 Å². The zero-order valence-corrected chi connectivity index (χ0v) is 20.5. The maximum Gasteiger partial charge on any atom is 0.416 e. The van der Waals surface area contributed by atoms with Crippen molar-refractivity contribution < 1.29 is 22.8 Å². The Morgan fingerprint density at radius 1 is 1.14 bits per heavy atom. The van der Waals surface area contributed by atoms with Crippen LogP contribution in [0.4, 0.5) is 13.2 Å². The summed E-state index contributed by atoms with van der Waals surface area (Å²) in [5.41, 5.74) is 12.1. The normalized spacial score (nSPS) is 18.6. The highest BCUT2D eigenvalue weighted by atomic mass is 35.5. The van der Waals surface area contributed by atoms with E-state index in [9.17, 15) is 22.8 Å². The van der Waals surface area contributed by atoms with Crippen LogP contribution >= 0.6 is 24.8 Å². The summed E-state index contributed by atoms with van der Waals surface area (Å²) >= 11 is 0. The molecule has 35 heavy (non-hydrogen) atoms. The second-order valence-corrected chi connectivity index (χ2v) is 8.18. The van der Waals surface area contributed by atoms with Gasteiger partial charge in [-0.1, -0.05) is 42.5 Å². The molecule has 2 aromatic rings. The Labute approximate surface area is 213 Å². The van der Waals surface area contributed by atoms with Crippen LogP contribution in [0.3, 0.4) is 0 Å². The van der Waals surface area contributed by atoms with Crippen molar-refractivity contribution in [2.75, 3.05) is 6.54 Å². The first-order valence-corrected chi connectivity index (χ1v) is 10.4. The average Bonchev–Trinajstić information content (AvgIpc) is 3.22. The topological polar surface area (TPSA) is 125 Å². The third-order valence-corrected chi connectivity index (χ3v) is 5.96. The summed E-state index contributed by atoms with van der Waals surface area (Å²) in [5.74, 6) is -1.37. The Hall–Kier alpha value is -2.82. The Balaban J connectivity index is 0.00000306. The average molecular weight is 534 g/mol. The number of alkyl halides is 3. The molecule has 3 rings (SSSR count). The van der Waals surface area contributed by atoms with E-state index < -0.39 is 29.7 Å². The van der Waals surface area contributed by atoms with Crippen LogP contribution in [0, 0.1) is 5.41 Å². The molecule has 192 valence electrons. The second-order valence-electron chi connectivity index (χ2n) is 8.18. The van der Waals surface area contributed by atoms with Crippen LogP contribution in [0.1, 0.15) is 41.5 Å². The number of nitrogens with zero attached hydrogens (tertiary/aromatic N) is 1. The minimum Gasteiger partial charge on any atom is -0.384 e. The van der Waals surface area contributed by atoms with E-state index in [0.29, 0.717) is 11.1 Å². The fourth-order valence-electron chi connectivity index (χ4n) is 4.07. The minimum absolute atomic E-state index is 0. The van der Waals surface area contributed by atoms with E-state index in [2.05, 4.69) is 5.32 Å². The fraction of sp³-hybridized carbons (Fsp3) is 0.348. The predicted octanol–water partition coefficient (Wildman–Crippen LogP) is 3.18. The number of nitrogens with one attached hydrogen (secondary N) is 2. The largest absolute Gasteiger partial charge is 0.416 e. The van der Waals surface area contributed by atoms with Crippen LogP contribution in [0.25, 0.3) is 0 Å². The Kier molecular flexibility index (Phi) is 10.6. The number of hydrogen-bond donors (Lipinski definition) is 4. The first kappa shape index (κ1) is 30.2. The molecule has 0 spiro atoms. The molecule has 7 nitrogen and oxygen atoms in total. The zero-order chi connectivity index (χ0) is 24.3. The summed E-state index contributed by atoms with van der Waals surface area (Å²) in [5, 5.41) is 10.2. The lowest BCUT2D eigenvalue weighted by atomic mass is 9.94. The van der Waals surface area contributed by atoms with Crippen LogP contribution in [-0.4, -0.2) is 41.2 Å². The number of carbonyl (C=O) groups is 2. The molecule has 3 atom stereocenters. The molecular weight excluding hydrogens is 506 g/mol. The molecule has 0 radical (unpaired) electrons. The van der Waals surface area contributed by atoms with Crippen molar-refractivity contribution in [3.8, 4) is 0 Å². The van der Waals surface area contributed by atoms with Gasteiger partial charge >= 0.3 is 6.18 Å². The van der Waals surface area contributed by atoms with Gasteiger partial charge in [0.25, 0.3) is 0 Å². The SMILES string of the molecule is C[C@@H](C(=O)NCc1ccc(C(=N)N)cc1)N1CC(c2cccc(C(F)(F)F)c2)CC1C(N)=O.Cl.Cl. The molecule has 0 aromatic heterocycles. The van der Waals surface area contributed by atoms with Gasteiger partial charge in [-0.25, -0.2) is 0 Å². The van der Waals surface area contributed by atoms with Crippen molar-refractivity contribution in [2.45, 2.75) is 44.1 Å². The molecule has 1 heterocycles. The monoisotopic (exact) mass is 533 g/mol. The molecule has 1 aliphatic heterocycles. The van der Waals surface area contributed by atoms with Crippen molar-refractivity contribution >= 4 is 42.5 Å². The summed E-state index contributed by atoms with van der Waals surface area (Å²) in [6, 6.07) is 10.4. The number of likely N-dealkylation sites (tertiary alicyclic amines) is 1. The first-order chi connectivity index (χ1) is 15.5. The Morgan fingerprint density at radius 3 is 2.31 bits per heavy atom. The van der Waals surface area contributed by atoms with E-state index >= 15 is 0 Å². The van der Waals surface area contributed by atoms with Gasteiger partial charge in [-0.3, -0.25) is 19.9 Å². The molecule has 0 bridgehead atoms. The summed E-state index contributed by atoms with van der Waals surface area (Å²) in [6.07, 6.45) is -4.23. The summed E-state index contributed by atoms with van der Waals surface area (Å²) in [6.45, 7) is 2.10. The van der Waals surface area contributed by atoms with Crippen LogP contribution < -0.4 is 16.8 Å². The summed E-state index contributed by atoms with van der Waals surface area (Å²) in [4.78, 5) is 26.5. The third kappa shape index (κ3) is 7.33. The number of benzene rings is 2. The highest BCUT2D eigenvalue weighted by Gasteiger charge is 2.41. The number of nitrogen functional groups attached to an aromatic ring is 1. The highest BCUT2D eigenvalue weighted by molar-refractivity contribution is 5.94. The molecular formula is C23H28Cl2F3N5O2. The van der Waals surface area contributed by atoms with E-state index in [1.165, 1.54) is 6.07 Å². The zero-order valence-electron chi connectivity index (χ0n) is 18.8. The molecule has 1 aliphatic rings. The predicted molar refractivity (Wildman–Crippen MR) is 132 cm³/mol. The smallest absolute Gasteiger partial charge is 0.384 e. The highest BCUT2D eigenvalue weighted by Crippen LogP contribution is 2.36. The van der Waals surface area contributed by atoms with E-state index in [0.717, 1.165) is 17.7 Å². The van der Waals surface area contributed by atoms with Gasteiger partial charge in [0, 0.05) is 18.7 Å². The van der Waals surface area contributed by atoms with Crippen LogP contribution in [0.2, 0.25) is 0 Å². The molecule has 1 fully saturated rings. The lowest BCUT2D eigenvalue weighted by Crippen LogP contribution is -2.51. The van der Waals surface area contributed by atoms with Gasteiger partial charge < -0.3 is 16.8 Å². The van der Waals surface area contributed by atoms with Gasteiger partial charge in [0.15, 0.2) is 0 Å². The first-order valence-electron chi connectivity index (χ1n) is 10.4. The van der Waals surface area contributed by atoms with Crippen molar-refractivity contribution in [2.24, 2.45) is 11.5 Å². The summed E-state index contributed by atoms with van der Waals surface area (Å²) < 4.78 is 39.3. The number of carbonyl (C=O) groups excluding carboxylic acids is 2. The molecule has 0 saturated carbocycles. The third-order valence-electron chi connectivity index (χ3n) is 5.96. The van der Waals surface area contributed by atoms with Crippen molar-refractivity contribution in [1.29, 1.82) is 5.41 Å². The van der Waals surface area contributed by atoms with Gasteiger partial charge in [0.2, 0.25) is 11.8 Å². The lowest BCUT2D eigenvalue weighted by Gasteiger charge is -2.28. The molecule has 12 heteroatoms. The van der Waals surface area contributed by atoms with Crippen LogP contribution in [0.15, 0.2) is 48.5 Å². The maximum atomic E-state index is 13.1. The number of primary amides is 1. The number of halogens is 5. The standard InChI is InChI=1S/C23H26F3N5O2.2ClH/c1-13(22(33)30-11-14-5-7-15(8-6-14)20(27)28)31-12-17(10-19(31)21(29)32)16-3-2-4-18(9-16)23(24,25)26;;/h2-9,13,17,19H,10-12H2,1H3,(H3,27,28)(H2,29,32)(H,30,33);2*1H/t13-,17?,19?;;/m0../s1. The van der Waals surface area contributed by atoms with E-state index in [4.69, 9.17) is 16.9 Å². The summed E-state index contributed by atoms with van der Waals surface area (Å²) in [7, 11) is 0. The number of hydrogen-bond acceptors (Lipinski definition) is 4. The number of nitrogens with two attached hydrogens (primary N) is 2. The Bertz CT molecular complexity index is 1050. The molecule has 6 N–H and O–H groups in total. The van der Waals surface area contributed by atoms with Crippen molar-refractivity contribution in [1.82, 2.24) is 10.2 Å². The van der Waals surface area contributed by atoms with Gasteiger partial charge in [0.05, 0.1) is 17.6 Å². The molecule has 2 amide bonds. The number of amidine groups is 1. The lowest BCUT2D eigenvalue weighted by molar-refractivity contribution is -0.137. The molecule has 1 saturated heterocycles. The second kappa shape index (κ2) is 12.2. The number of amides is 2. The number of rotatable bonds is 7. The van der Waals surface area contributed by atoms with Crippen LogP contribution in [0.5, 0.6) is 0 Å². The fourth-order valence-corrected chi connectivity index (χ4v) is 4.07. The van der Waals surface area contributed by atoms with E-state index in [1.54, 1.807) is 42.2 Å². The van der Waals surface area contributed by atoms with Crippen LogP contribution in [-0.2, 0) is 22.3 Å². The molecule has 0 aliphatic carbocycles. The van der Waals surface area contributed by atoms with Gasteiger partial charge in [-0.05, 0) is 36.5 Å². The van der Waals surface area contributed by atoms with E-state index in [1.807, 2.05) is 0 Å². The van der Waals surface area contributed by atoms with E-state index in [-0.39, 0.29) is 62.0 Å². The molecule has 2 unspecified atom stereocenters. The minimum atomic E-state index is -4.47. The van der Waals surface area contributed by atoms with Gasteiger partial charge in [0.1, 0.15) is 5.84 Å². The van der Waals surface area contributed by atoms with Gasteiger partial charge in [-0.15, -0.1) is 24.8 Å². The quantitative estimate of drug-likeness (QED) is 0.322. The van der Waals surface area contributed by atoms with Crippen molar-refractivity contribution in [3.05, 3.63) is 70.8 Å². The Morgan fingerprint density at radius 2 is 1.77 bits per heavy atom.